The van der Waals surface area contributed by atoms with Gasteiger partial charge in [-0.2, -0.15) is 0 Å². The zero-order valence-electron chi connectivity index (χ0n) is 7.89. The number of carbonyl (C=O) groups excluding carboxylic acids is 1. The van der Waals surface area contributed by atoms with Crippen molar-refractivity contribution in [2.75, 3.05) is 6.54 Å². The van der Waals surface area contributed by atoms with Gasteiger partial charge in [0, 0.05) is 6.54 Å². The van der Waals surface area contributed by atoms with Crippen molar-refractivity contribution in [1.82, 2.24) is 5.32 Å². The van der Waals surface area contributed by atoms with E-state index in [0.717, 1.165) is 19.4 Å². The molecule has 1 aliphatic heterocycles. The van der Waals surface area contributed by atoms with Gasteiger partial charge in [-0.25, -0.2) is 0 Å². The van der Waals surface area contributed by atoms with Gasteiger partial charge in [0.2, 0.25) is 0 Å². The Labute approximate surface area is 74.0 Å². The number of hydrogen-bond acceptors (Lipinski definition) is 2. The van der Waals surface area contributed by atoms with Crippen LogP contribution < -0.4 is 5.32 Å². The molecule has 0 unspecified atom stereocenters. The third-order valence-corrected chi connectivity index (χ3v) is 2.28. The Morgan fingerprint density at radius 1 is 1.75 bits per heavy atom. The number of hydrogen-bond donors (Lipinski definition) is 1. The van der Waals surface area contributed by atoms with Crippen LogP contribution in [0.3, 0.4) is 0 Å². The van der Waals surface area contributed by atoms with E-state index < -0.39 is 0 Å². The first-order chi connectivity index (χ1) is 5.74. The summed E-state index contributed by atoms with van der Waals surface area (Å²) in [7, 11) is 0. The van der Waals surface area contributed by atoms with Crippen molar-refractivity contribution in [1.29, 1.82) is 0 Å². The summed E-state index contributed by atoms with van der Waals surface area (Å²) in [4.78, 5) is 11.1. The first kappa shape index (κ1) is 9.46. The fourth-order valence-electron chi connectivity index (χ4n) is 1.58. The van der Waals surface area contributed by atoms with E-state index in [-0.39, 0.29) is 11.8 Å². The van der Waals surface area contributed by atoms with Gasteiger partial charge < -0.3 is 5.32 Å². The van der Waals surface area contributed by atoms with Gasteiger partial charge in [-0.1, -0.05) is 25.0 Å². The minimum Gasteiger partial charge on any atom is -0.304 e. The Balaban J connectivity index is 2.47. The van der Waals surface area contributed by atoms with Gasteiger partial charge >= 0.3 is 0 Å². The minimum atomic E-state index is 0.0801. The molecule has 0 saturated carbocycles. The number of rotatable bonds is 3. The molecule has 0 radical (unpaired) electrons. The standard InChI is InChI=1S/C10H17NO/c1-3-4-9-5-6-11-10(7-9)8(2)12/h5,10-11H,3-4,6-7H2,1-2H3/t10-/m0/s1. The van der Waals surface area contributed by atoms with E-state index in [2.05, 4.69) is 18.3 Å². The largest absolute Gasteiger partial charge is 0.304 e. The van der Waals surface area contributed by atoms with Crippen molar-refractivity contribution in [3.8, 4) is 0 Å². The normalized spacial score (nSPS) is 23.5. The first-order valence-electron chi connectivity index (χ1n) is 4.65. The van der Waals surface area contributed by atoms with Crippen molar-refractivity contribution in [3.63, 3.8) is 0 Å². The molecular formula is C10H17NO. The fraction of sp³-hybridized carbons (Fsp3) is 0.700. The molecule has 0 amide bonds. The first-order valence-corrected chi connectivity index (χ1v) is 4.65. The molecule has 1 aliphatic rings. The molecule has 12 heavy (non-hydrogen) atoms. The van der Waals surface area contributed by atoms with Gasteiger partial charge in [0.15, 0.2) is 0 Å². The predicted octanol–water partition coefficient (Wildman–Crippen LogP) is 1.66. The summed E-state index contributed by atoms with van der Waals surface area (Å²) in [5.74, 6) is 0.261. The molecule has 1 rings (SSSR count). The van der Waals surface area contributed by atoms with Crippen LogP contribution in [0.1, 0.15) is 33.1 Å². The summed E-state index contributed by atoms with van der Waals surface area (Å²) in [6.45, 7) is 4.69. The number of Topliss-reactive ketones (excluding diaryl/α,β-unsaturated/α-hetero) is 1. The molecule has 1 N–H and O–H groups in total. The van der Waals surface area contributed by atoms with Crippen LogP contribution in [0.2, 0.25) is 0 Å². The maximum atomic E-state index is 11.1. The Morgan fingerprint density at radius 3 is 3.08 bits per heavy atom. The molecule has 0 aliphatic carbocycles. The Morgan fingerprint density at radius 2 is 2.50 bits per heavy atom. The Bertz CT molecular complexity index is 196. The molecule has 2 nitrogen and oxygen atoms in total. The van der Waals surface area contributed by atoms with Crippen LogP contribution in [-0.4, -0.2) is 18.4 Å². The monoisotopic (exact) mass is 167 g/mol. The third-order valence-electron chi connectivity index (χ3n) is 2.28. The maximum absolute atomic E-state index is 11.1. The van der Waals surface area contributed by atoms with Crippen molar-refractivity contribution in [2.45, 2.75) is 39.2 Å². The average Bonchev–Trinajstić information content (AvgIpc) is 2.05. The Kier molecular flexibility index (Phi) is 3.48. The summed E-state index contributed by atoms with van der Waals surface area (Å²) in [5.41, 5.74) is 1.44. The SMILES string of the molecule is CCCC1=CCN[C@H](C(C)=O)C1. The number of ketones is 1. The third kappa shape index (κ3) is 2.45. The molecule has 0 aromatic carbocycles. The van der Waals surface area contributed by atoms with Crippen LogP contribution in [0.25, 0.3) is 0 Å². The molecule has 0 aromatic heterocycles. The lowest BCUT2D eigenvalue weighted by Gasteiger charge is -2.21. The smallest absolute Gasteiger partial charge is 0.147 e. The highest BCUT2D eigenvalue weighted by molar-refractivity contribution is 5.82. The number of carbonyl (C=O) groups is 1. The lowest BCUT2D eigenvalue weighted by molar-refractivity contribution is -0.119. The summed E-state index contributed by atoms with van der Waals surface area (Å²) in [5, 5.41) is 3.18. The molecule has 0 saturated heterocycles. The van der Waals surface area contributed by atoms with Crippen LogP contribution in [-0.2, 0) is 4.79 Å². The lowest BCUT2D eigenvalue weighted by Crippen LogP contribution is -2.38. The topological polar surface area (TPSA) is 29.1 Å². The van der Waals surface area contributed by atoms with Crippen LogP contribution in [0.5, 0.6) is 0 Å². The minimum absolute atomic E-state index is 0.0801. The van der Waals surface area contributed by atoms with Crippen molar-refractivity contribution in [2.24, 2.45) is 0 Å². The van der Waals surface area contributed by atoms with Gasteiger partial charge in [0.05, 0.1) is 6.04 Å². The zero-order valence-corrected chi connectivity index (χ0v) is 7.89. The Hall–Kier alpha value is -0.630. The van der Waals surface area contributed by atoms with E-state index in [0.29, 0.717) is 0 Å². The summed E-state index contributed by atoms with van der Waals surface area (Å²) < 4.78 is 0. The molecule has 2 heteroatoms. The fourth-order valence-corrected chi connectivity index (χ4v) is 1.58. The molecule has 0 aromatic rings. The molecule has 0 spiro atoms. The molecule has 1 heterocycles. The van der Waals surface area contributed by atoms with E-state index >= 15 is 0 Å². The second-order valence-corrected chi connectivity index (χ2v) is 3.39. The van der Waals surface area contributed by atoms with Gasteiger partial charge in [-0.3, -0.25) is 4.79 Å². The predicted molar refractivity (Wildman–Crippen MR) is 50.1 cm³/mol. The van der Waals surface area contributed by atoms with Crippen LogP contribution in [0.15, 0.2) is 11.6 Å². The maximum Gasteiger partial charge on any atom is 0.147 e. The molecule has 68 valence electrons. The highest BCUT2D eigenvalue weighted by atomic mass is 16.1. The van der Waals surface area contributed by atoms with E-state index in [1.807, 2.05) is 0 Å². The van der Waals surface area contributed by atoms with Gasteiger partial charge in [0.25, 0.3) is 0 Å². The molecule has 0 bridgehead atoms. The van der Waals surface area contributed by atoms with Crippen molar-refractivity contribution >= 4 is 5.78 Å². The van der Waals surface area contributed by atoms with E-state index in [4.69, 9.17) is 0 Å². The quantitative estimate of drug-likeness (QED) is 0.648. The lowest BCUT2D eigenvalue weighted by atomic mass is 9.96. The zero-order chi connectivity index (χ0) is 8.97. The van der Waals surface area contributed by atoms with Gasteiger partial charge in [-0.05, 0) is 19.8 Å². The second kappa shape index (κ2) is 4.41. The van der Waals surface area contributed by atoms with Crippen molar-refractivity contribution < 1.29 is 4.79 Å². The van der Waals surface area contributed by atoms with Crippen LogP contribution >= 0.6 is 0 Å². The highest BCUT2D eigenvalue weighted by Gasteiger charge is 2.17. The average molecular weight is 167 g/mol. The molecule has 0 fully saturated rings. The van der Waals surface area contributed by atoms with E-state index in [9.17, 15) is 4.79 Å². The van der Waals surface area contributed by atoms with Crippen LogP contribution in [0.4, 0.5) is 0 Å². The van der Waals surface area contributed by atoms with E-state index in [1.165, 1.54) is 12.0 Å². The summed E-state index contributed by atoms with van der Waals surface area (Å²) >= 11 is 0. The number of nitrogens with one attached hydrogen (secondary N) is 1. The summed E-state index contributed by atoms with van der Waals surface area (Å²) in [6.07, 6.45) is 5.45. The van der Waals surface area contributed by atoms with Crippen LogP contribution in [0, 0.1) is 0 Å². The van der Waals surface area contributed by atoms with Gasteiger partial charge in [0.1, 0.15) is 5.78 Å². The van der Waals surface area contributed by atoms with Gasteiger partial charge in [-0.15, -0.1) is 0 Å². The molecule has 1 atom stereocenters. The summed E-state index contributed by atoms with van der Waals surface area (Å²) in [6, 6.07) is 0.0801. The molecular weight excluding hydrogens is 150 g/mol. The van der Waals surface area contributed by atoms with Crippen molar-refractivity contribution in [3.05, 3.63) is 11.6 Å². The second-order valence-electron chi connectivity index (χ2n) is 3.39. The van der Waals surface area contributed by atoms with E-state index in [1.54, 1.807) is 6.92 Å². The highest BCUT2D eigenvalue weighted by Crippen LogP contribution is 2.15.